The van der Waals surface area contributed by atoms with Crippen molar-refractivity contribution in [1.82, 2.24) is 14.6 Å². The summed E-state index contributed by atoms with van der Waals surface area (Å²) in [6, 6.07) is 3.88. The number of fused-ring (bicyclic) bond motifs is 1. The Kier molecular flexibility index (Phi) is 5.04. The minimum absolute atomic E-state index is 0.0668. The smallest absolute Gasteiger partial charge is 0.306 e. The molecule has 4 rings (SSSR count). The van der Waals surface area contributed by atoms with E-state index in [4.69, 9.17) is 15.2 Å². The second-order valence-electron chi connectivity index (χ2n) is 8.26. The highest BCUT2D eigenvalue weighted by molar-refractivity contribution is 5.70. The van der Waals surface area contributed by atoms with Gasteiger partial charge in [-0.3, -0.25) is 4.79 Å². The molecule has 1 saturated heterocycles. The van der Waals surface area contributed by atoms with Gasteiger partial charge in [0.1, 0.15) is 24.6 Å². The molecule has 2 aromatic heterocycles. The van der Waals surface area contributed by atoms with Gasteiger partial charge in [0.05, 0.1) is 18.2 Å². The van der Waals surface area contributed by atoms with Crippen LogP contribution < -0.4 is 5.73 Å². The molecule has 0 aromatic carbocycles. The molecule has 1 aliphatic carbocycles. The van der Waals surface area contributed by atoms with E-state index in [0.29, 0.717) is 18.8 Å². The maximum absolute atomic E-state index is 12.3. The second-order valence-corrected chi connectivity index (χ2v) is 8.26. The van der Waals surface area contributed by atoms with E-state index >= 15 is 0 Å². The first-order valence-electron chi connectivity index (χ1n) is 9.93. The zero-order valence-electron chi connectivity index (χ0n) is 15.9. The third-order valence-electron chi connectivity index (χ3n) is 6.01. The molecule has 2 unspecified atom stereocenters. The Morgan fingerprint density at radius 1 is 1.33 bits per heavy atom. The average molecular weight is 372 g/mol. The van der Waals surface area contributed by atoms with E-state index in [1.54, 1.807) is 4.52 Å². The molecule has 2 N–H and O–H groups in total. The van der Waals surface area contributed by atoms with Gasteiger partial charge in [-0.2, -0.15) is 5.10 Å². The lowest BCUT2D eigenvalue weighted by Gasteiger charge is -2.32. The van der Waals surface area contributed by atoms with Gasteiger partial charge in [0, 0.05) is 0 Å². The molecule has 7 heteroatoms. The minimum Gasteiger partial charge on any atom is -0.463 e. The number of carbonyl (C=O) groups excluding carboxylic acids is 1. The number of anilines is 1. The van der Waals surface area contributed by atoms with Crippen molar-refractivity contribution in [2.24, 2.45) is 5.41 Å². The lowest BCUT2D eigenvalue weighted by Crippen LogP contribution is -2.26. The van der Waals surface area contributed by atoms with E-state index in [-0.39, 0.29) is 23.6 Å². The number of nitrogen functional groups attached to an aromatic ring is 1. The van der Waals surface area contributed by atoms with Crippen molar-refractivity contribution in [3.05, 3.63) is 24.2 Å². The summed E-state index contributed by atoms with van der Waals surface area (Å²) in [5, 5.41) is 4.28. The number of ether oxygens (including phenoxy) is 2. The number of carbonyl (C=O) groups is 1. The van der Waals surface area contributed by atoms with Gasteiger partial charge in [-0.25, -0.2) is 9.50 Å². The zero-order chi connectivity index (χ0) is 18.9. The van der Waals surface area contributed by atoms with Gasteiger partial charge in [-0.1, -0.05) is 26.2 Å². The van der Waals surface area contributed by atoms with Crippen molar-refractivity contribution < 1.29 is 14.3 Å². The molecule has 1 aliphatic heterocycles. The molecule has 2 fully saturated rings. The van der Waals surface area contributed by atoms with Crippen molar-refractivity contribution in [2.45, 2.75) is 70.5 Å². The SMILES string of the molecule is CC1(CC(=O)OCC2CCC(c3ccc4c(N)ncnn34)O2)CCCCC1. The van der Waals surface area contributed by atoms with Crippen LogP contribution in [0.2, 0.25) is 0 Å². The fraction of sp³-hybridized carbons (Fsp3) is 0.650. The maximum Gasteiger partial charge on any atom is 0.306 e. The number of nitrogens with two attached hydrogens (primary N) is 1. The first kappa shape index (κ1) is 18.2. The largest absolute Gasteiger partial charge is 0.463 e. The predicted octanol–water partition coefficient (Wildman–Crippen LogP) is 3.44. The molecule has 2 aliphatic rings. The van der Waals surface area contributed by atoms with E-state index in [1.807, 2.05) is 12.1 Å². The Labute approximate surface area is 159 Å². The molecule has 2 atom stereocenters. The van der Waals surface area contributed by atoms with E-state index in [9.17, 15) is 4.79 Å². The van der Waals surface area contributed by atoms with Crippen molar-refractivity contribution in [1.29, 1.82) is 0 Å². The number of esters is 1. The Balaban J connectivity index is 1.30. The highest BCUT2D eigenvalue weighted by Crippen LogP contribution is 2.39. The summed E-state index contributed by atoms with van der Waals surface area (Å²) >= 11 is 0. The Morgan fingerprint density at radius 2 is 2.15 bits per heavy atom. The number of rotatable bonds is 5. The van der Waals surface area contributed by atoms with Crippen LogP contribution in [0.5, 0.6) is 0 Å². The normalized spacial score (nSPS) is 24.9. The third-order valence-corrected chi connectivity index (χ3v) is 6.01. The van der Waals surface area contributed by atoms with Crippen molar-refractivity contribution in [3.63, 3.8) is 0 Å². The van der Waals surface area contributed by atoms with Crippen LogP contribution in [-0.2, 0) is 14.3 Å². The van der Waals surface area contributed by atoms with Gasteiger partial charge in [0.15, 0.2) is 5.82 Å². The third kappa shape index (κ3) is 3.93. The van der Waals surface area contributed by atoms with Crippen LogP contribution in [0.3, 0.4) is 0 Å². The van der Waals surface area contributed by atoms with Gasteiger partial charge in [-0.05, 0) is 43.2 Å². The topological polar surface area (TPSA) is 91.7 Å². The van der Waals surface area contributed by atoms with Crippen molar-refractivity contribution >= 4 is 17.3 Å². The van der Waals surface area contributed by atoms with Crippen LogP contribution in [0, 0.1) is 5.41 Å². The Morgan fingerprint density at radius 3 is 2.96 bits per heavy atom. The standard InChI is InChI=1S/C20H28N4O3/c1-20(9-3-2-4-10-20)11-18(25)26-12-14-5-8-17(27-14)15-6-7-16-19(21)22-13-23-24(15)16/h6-7,13-14,17H,2-5,8-12H2,1H3,(H2,21,22,23). The second kappa shape index (κ2) is 7.46. The molecule has 0 bridgehead atoms. The zero-order valence-corrected chi connectivity index (χ0v) is 15.9. The maximum atomic E-state index is 12.3. The van der Waals surface area contributed by atoms with Gasteiger partial charge < -0.3 is 15.2 Å². The Hall–Kier alpha value is -2.15. The molecule has 0 amide bonds. The predicted molar refractivity (Wildman–Crippen MR) is 101 cm³/mol. The summed E-state index contributed by atoms with van der Waals surface area (Å²) in [6.07, 6.45) is 9.53. The van der Waals surface area contributed by atoms with Gasteiger partial charge >= 0.3 is 5.97 Å². The summed E-state index contributed by atoms with van der Waals surface area (Å²) in [5.74, 6) is 0.357. The van der Waals surface area contributed by atoms with Crippen LogP contribution in [0.25, 0.3) is 5.52 Å². The molecular formula is C20H28N4O3. The number of hydrogen-bond acceptors (Lipinski definition) is 6. The monoisotopic (exact) mass is 372 g/mol. The number of hydrogen-bond donors (Lipinski definition) is 1. The van der Waals surface area contributed by atoms with E-state index in [1.165, 1.54) is 25.6 Å². The molecule has 7 nitrogen and oxygen atoms in total. The van der Waals surface area contributed by atoms with E-state index in [0.717, 1.165) is 36.9 Å². The van der Waals surface area contributed by atoms with Crippen LogP contribution in [0.15, 0.2) is 18.5 Å². The molecule has 3 heterocycles. The van der Waals surface area contributed by atoms with Crippen molar-refractivity contribution in [2.75, 3.05) is 12.3 Å². The molecule has 2 aromatic rings. The van der Waals surface area contributed by atoms with Crippen LogP contribution >= 0.6 is 0 Å². The molecule has 27 heavy (non-hydrogen) atoms. The number of nitrogens with zero attached hydrogens (tertiary/aromatic N) is 3. The lowest BCUT2D eigenvalue weighted by atomic mass is 9.73. The molecule has 146 valence electrons. The first-order chi connectivity index (χ1) is 13.0. The number of aromatic nitrogens is 3. The minimum atomic E-state index is -0.0971. The summed E-state index contributed by atoms with van der Waals surface area (Å²) in [5.41, 5.74) is 7.75. The summed E-state index contributed by atoms with van der Waals surface area (Å²) in [4.78, 5) is 16.3. The highest BCUT2D eigenvalue weighted by atomic mass is 16.6. The lowest BCUT2D eigenvalue weighted by molar-refractivity contribution is -0.150. The van der Waals surface area contributed by atoms with Crippen LogP contribution in [0.4, 0.5) is 5.82 Å². The van der Waals surface area contributed by atoms with E-state index < -0.39 is 0 Å². The summed E-state index contributed by atoms with van der Waals surface area (Å²) < 4.78 is 13.5. The quantitative estimate of drug-likeness (QED) is 0.809. The molecule has 0 radical (unpaired) electrons. The first-order valence-corrected chi connectivity index (χ1v) is 9.93. The summed E-state index contributed by atoms with van der Waals surface area (Å²) in [7, 11) is 0. The fourth-order valence-corrected chi connectivity index (χ4v) is 4.43. The average Bonchev–Trinajstić information content (AvgIpc) is 3.27. The van der Waals surface area contributed by atoms with Gasteiger partial charge in [-0.15, -0.1) is 0 Å². The molecule has 0 spiro atoms. The van der Waals surface area contributed by atoms with Crippen LogP contribution in [-0.4, -0.2) is 33.3 Å². The fourth-order valence-electron chi connectivity index (χ4n) is 4.43. The molecular weight excluding hydrogens is 344 g/mol. The van der Waals surface area contributed by atoms with Gasteiger partial charge in [0.2, 0.25) is 0 Å². The highest BCUT2D eigenvalue weighted by Gasteiger charge is 2.32. The van der Waals surface area contributed by atoms with E-state index in [2.05, 4.69) is 17.0 Å². The Bertz CT molecular complexity index is 813. The van der Waals surface area contributed by atoms with Gasteiger partial charge in [0.25, 0.3) is 0 Å². The molecule has 1 saturated carbocycles. The van der Waals surface area contributed by atoms with Crippen LogP contribution in [0.1, 0.15) is 70.1 Å². The summed E-state index contributed by atoms with van der Waals surface area (Å²) in [6.45, 7) is 2.53. The van der Waals surface area contributed by atoms with Crippen molar-refractivity contribution in [3.8, 4) is 0 Å².